The van der Waals surface area contributed by atoms with Crippen molar-refractivity contribution in [2.75, 3.05) is 12.4 Å². The van der Waals surface area contributed by atoms with Gasteiger partial charge in [0.15, 0.2) is 0 Å². The summed E-state index contributed by atoms with van der Waals surface area (Å²) in [5.41, 5.74) is 3.25. The van der Waals surface area contributed by atoms with E-state index in [9.17, 15) is 0 Å². The van der Waals surface area contributed by atoms with Crippen LogP contribution in [0.3, 0.4) is 0 Å². The van der Waals surface area contributed by atoms with E-state index in [-0.39, 0.29) is 0 Å². The van der Waals surface area contributed by atoms with Crippen LogP contribution in [0.1, 0.15) is 19.5 Å². The second kappa shape index (κ2) is 4.65. The molecule has 0 unspecified atom stereocenters. The van der Waals surface area contributed by atoms with Crippen LogP contribution in [0.4, 0.5) is 5.69 Å². The van der Waals surface area contributed by atoms with Gasteiger partial charge in [-0.2, -0.15) is 5.10 Å². The number of aromatic nitrogens is 2. The molecule has 1 aromatic heterocycles. The van der Waals surface area contributed by atoms with E-state index >= 15 is 0 Å². The van der Waals surface area contributed by atoms with Crippen LogP contribution in [0.5, 0.6) is 0 Å². The molecular weight excluding hydrogens is 174 g/mol. The lowest BCUT2D eigenvalue weighted by Gasteiger charge is -1.98. The second-order valence-corrected chi connectivity index (χ2v) is 2.83. The molecule has 2 rings (SSSR count). The molecule has 3 nitrogen and oxygen atoms in total. The van der Waals surface area contributed by atoms with Crippen LogP contribution >= 0.6 is 0 Å². The fourth-order valence-corrected chi connectivity index (χ4v) is 1.29. The summed E-state index contributed by atoms with van der Waals surface area (Å²) < 4.78 is 0. The van der Waals surface area contributed by atoms with Crippen LogP contribution in [0.2, 0.25) is 0 Å². The number of aromatic amines is 1. The highest BCUT2D eigenvalue weighted by Gasteiger charge is 2.00. The Bertz CT molecular complexity index is 404. The Kier molecular flexibility index (Phi) is 3.51. The van der Waals surface area contributed by atoms with Crippen molar-refractivity contribution in [3.8, 4) is 0 Å². The molecule has 0 spiro atoms. The zero-order valence-corrected chi connectivity index (χ0v) is 9.18. The van der Waals surface area contributed by atoms with Crippen molar-refractivity contribution < 1.29 is 0 Å². The zero-order valence-electron chi connectivity index (χ0n) is 9.18. The maximum atomic E-state index is 4.14. The Morgan fingerprint density at radius 1 is 1.29 bits per heavy atom. The molecule has 2 N–H and O–H groups in total. The number of nitrogens with zero attached hydrogens (tertiary/aromatic N) is 1. The Labute approximate surface area is 84.5 Å². The fourth-order valence-electron chi connectivity index (χ4n) is 1.29. The third-order valence-corrected chi connectivity index (χ3v) is 2.03. The van der Waals surface area contributed by atoms with E-state index < -0.39 is 0 Å². The highest BCUT2D eigenvalue weighted by molar-refractivity contribution is 5.84. The number of anilines is 1. The number of fused-ring (bicyclic) bond motifs is 1. The molecule has 1 heterocycles. The highest BCUT2D eigenvalue weighted by Crippen LogP contribution is 2.19. The van der Waals surface area contributed by atoms with Gasteiger partial charge in [-0.25, -0.2) is 0 Å². The number of rotatable bonds is 1. The van der Waals surface area contributed by atoms with Gasteiger partial charge in [0.2, 0.25) is 0 Å². The van der Waals surface area contributed by atoms with E-state index in [2.05, 4.69) is 21.6 Å². The first-order valence-electron chi connectivity index (χ1n) is 4.94. The first-order valence-corrected chi connectivity index (χ1v) is 4.94. The monoisotopic (exact) mass is 191 g/mol. The maximum Gasteiger partial charge on any atom is 0.0925 e. The van der Waals surface area contributed by atoms with Crippen molar-refractivity contribution in [1.29, 1.82) is 0 Å². The van der Waals surface area contributed by atoms with Crippen LogP contribution in [-0.4, -0.2) is 17.2 Å². The highest BCUT2D eigenvalue weighted by atomic mass is 15.1. The van der Waals surface area contributed by atoms with Gasteiger partial charge in [-0.15, -0.1) is 0 Å². The minimum atomic E-state index is 1.02. The van der Waals surface area contributed by atoms with Gasteiger partial charge in [-0.3, -0.25) is 5.10 Å². The van der Waals surface area contributed by atoms with Crippen LogP contribution in [0, 0.1) is 6.92 Å². The van der Waals surface area contributed by atoms with Gasteiger partial charge in [0, 0.05) is 23.8 Å². The number of aryl methyl sites for hydroxylation is 1. The van der Waals surface area contributed by atoms with Crippen LogP contribution in [0.15, 0.2) is 18.2 Å². The smallest absolute Gasteiger partial charge is 0.0925 e. The molecule has 14 heavy (non-hydrogen) atoms. The third-order valence-electron chi connectivity index (χ3n) is 2.03. The van der Waals surface area contributed by atoms with Gasteiger partial charge in [-0.1, -0.05) is 13.8 Å². The Morgan fingerprint density at radius 3 is 2.64 bits per heavy atom. The molecule has 2 aromatic rings. The normalized spacial score (nSPS) is 9.43. The van der Waals surface area contributed by atoms with Gasteiger partial charge in [-0.05, 0) is 25.1 Å². The van der Waals surface area contributed by atoms with Crippen molar-refractivity contribution in [3.05, 3.63) is 23.9 Å². The Morgan fingerprint density at radius 2 is 2.00 bits per heavy atom. The summed E-state index contributed by atoms with van der Waals surface area (Å²) in [7, 11) is 1.91. The molecule has 0 aliphatic carbocycles. The van der Waals surface area contributed by atoms with Crippen molar-refractivity contribution in [2.45, 2.75) is 20.8 Å². The largest absolute Gasteiger partial charge is 0.388 e. The first kappa shape index (κ1) is 10.6. The molecular formula is C11H17N3. The van der Waals surface area contributed by atoms with Crippen molar-refractivity contribution in [3.63, 3.8) is 0 Å². The van der Waals surface area contributed by atoms with E-state index in [0.29, 0.717) is 0 Å². The molecule has 0 saturated heterocycles. The molecule has 0 amide bonds. The SMILES string of the molecule is CC.CNc1ccc2n[nH]c(C)c2c1. The minimum Gasteiger partial charge on any atom is -0.388 e. The topological polar surface area (TPSA) is 40.7 Å². The molecule has 0 fully saturated rings. The molecule has 0 radical (unpaired) electrons. The van der Waals surface area contributed by atoms with Crippen molar-refractivity contribution >= 4 is 16.6 Å². The quantitative estimate of drug-likeness (QED) is 0.727. The average Bonchev–Trinajstić information content (AvgIpc) is 2.63. The lowest BCUT2D eigenvalue weighted by atomic mass is 10.2. The lowest BCUT2D eigenvalue weighted by Crippen LogP contribution is -1.86. The van der Waals surface area contributed by atoms with Crippen LogP contribution < -0.4 is 5.32 Å². The summed E-state index contributed by atoms with van der Waals surface area (Å²) in [6.45, 7) is 6.02. The molecule has 0 atom stereocenters. The van der Waals surface area contributed by atoms with Gasteiger partial charge in [0.05, 0.1) is 5.52 Å². The van der Waals surface area contributed by atoms with E-state index in [1.807, 2.05) is 40.0 Å². The third kappa shape index (κ3) is 1.87. The first-order chi connectivity index (χ1) is 6.81. The Balaban J connectivity index is 0.000000461. The number of hydrogen-bond donors (Lipinski definition) is 2. The zero-order chi connectivity index (χ0) is 10.6. The van der Waals surface area contributed by atoms with Gasteiger partial charge in [0.1, 0.15) is 0 Å². The second-order valence-electron chi connectivity index (χ2n) is 2.83. The number of nitrogens with one attached hydrogen (secondary N) is 2. The number of H-pyrrole nitrogens is 1. The van der Waals surface area contributed by atoms with E-state index in [1.165, 1.54) is 5.39 Å². The van der Waals surface area contributed by atoms with Crippen molar-refractivity contribution in [1.82, 2.24) is 10.2 Å². The molecule has 3 heteroatoms. The van der Waals surface area contributed by atoms with Gasteiger partial charge >= 0.3 is 0 Å². The maximum absolute atomic E-state index is 4.14. The lowest BCUT2D eigenvalue weighted by molar-refractivity contribution is 1.07. The summed E-state index contributed by atoms with van der Waals surface area (Å²) in [5.74, 6) is 0. The van der Waals surface area contributed by atoms with Crippen molar-refractivity contribution in [2.24, 2.45) is 0 Å². The Hall–Kier alpha value is -1.51. The van der Waals surface area contributed by atoms with E-state index in [4.69, 9.17) is 0 Å². The molecule has 0 aliphatic rings. The predicted octanol–water partition coefficient (Wildman–Crippen LogP) is 2.94. The number of hydrogen-bond acceptors (Lipinski definition) is 2. The summed E-state index contributed by atoms with van der Waals surface area (Å²) in [5, 5.41) is 11.4. The summed E-state index contributed by atoms with van der Waals surface area (Å²) >= 11 is 0. The van der Waals surface area contributed by atoms with Gasteiger partial charge < -0.3 is 5.32 Å². The standard InChI is InChI=1S/C9H11N3.C2H6/c1-6-8-5-7(10-2)3-4-9(8)12-11-6;1-2/h3-5,10H,1-2H3,(H,11,12);1-2H3. The molecule has 1 aromatic carbocycles. The average molecular weight is 191 g/mol. The molecule has 76 valence electrons. The van der Waals surface area contributed by atoms with Crippen LogP contribution in [-0.2, 0) is 0 Å². The molecule has 0 bridgehead atoms. The molecule has 0 aliphatic heterocycles. The minimum absolute atomic E-state index is 1.02. The van der Waals surface area contributed by atoms with E-state index in [1.54, 1.807) is 0 Å². The summed E-state index contributed by atoms with van der Waals surface area (Å²) in [6.07, 6.45) is 0. The molecule has 0 saturated carbocycles. The fraction of sp³-hybridized carbons (Fsp3) is 0.364. The summed E-state index contributed by atoms with van der Waals surface area (Å²) in [6, 6.07) is 6.11. The van der Waals surface area contributed by atoms with Crippen LogP contribution in [0.25, 0.3) is 10.9 Å². The predicted molar refractivity (Wildman–Crippen MR) is 61.7 cm³/mol. The van der Waals surface area contributed by atoms with E-state index in [0.717, 1.165) is 16.9 Å². The van der Waals surface area contributed by atoms with Gasteiger partial charge in [0.25, 0.3) is 0 Å². The summed E-state index contributed by atoms with van der Waals surface area (Å²) in [4.78, 5) is 0. The number of benzene rings is 1.